The monoisotopic (exact) mass is 577 g/mol. The second-order valence-electron chi connectivity index (χ2n) is 10.0. The predicted octanol–water partition coefficient (Wildman–Crippen LogP) is 4.25. The van der Waals surface area contributed by atoms with Crippen LogP contribution in [-0.4, -0.2) is 75.1 Å². The number of hydrogen-bond donors (Lipinski definition) is 1. The summed E-state index contributed by atoms with van der Waals surface area (Å²) in [5, 5.41) is 6.96. The molecular weight excluding hydrogens is 547 g/mol. The highest BCUT2D eigenvalue weighted by molar-refractivity contribution is 6.04. The first-order chi connectivity index (χ1) is 20.1. The van der Waals surface area contributed by atoms with E-state index in [9.17, 15) is 18.0 Å². The first-order valence-corrected chi connectivity index (χ1v) is 13.5. The first-order valence-electron chi connectivity index (χ1n) is 13.5. The molecule has 1 N–H and O–H groups in total. The third-order valence-corrected chi connectivity index (χ3v) is 6.97. The smallest absolute Gasteiger partial charge is 0.416 e. The maximum absolute atomic E-state index is 14.0. The number of piperazine rings is 1. The van der Waals surface area contributed by atoms with Gasteiger partial charge in [-0.15, -0.1) is 5.10 Å². The summed E-state index contributed by atoms with van der Waals surface area (Å²) in [6.45, 7) is 7.26. The Hall–Kier alpha value is -4.47. The number of hydrogen-bond acceptors (Lipinski definition) is 7. The molecule has 0 saturated carbocycles. The molecule has 0 aliphatic carbocycles. The van der Waals surface area contributed by atoms with Gasteiger partial charge in [-0.3, -0.25) is 14.7 Å². The van der Waals surface area contributed by atoms with Gasteiger partial charge in [0.1, 0.15) is 5.69 Å². The van der Waals surface area contributed by atoms with Crippen molar-refractivity contribution in [1.82, 2.24) is 29.4 Å². The first kappa shape index (κ1) is 29.0. The fourth-order valence-electron chi connectivity index (χ4n) is 4.59. The molecule has 1 aromatic carbocycles. The Labute approximate surface area is 241 Å². The van der Waals surface area contributed by atoms with Gasteiger partial charge >= 0.3 is 6.18 Å². The summed E-state index contributed by atoms with van der Waals surface area (Å²) in [7, 11) is 1.99. The van der Waals surface area contributed by atoms with E-state index in [0.29, 0.717) is 48.2 Å². The Morgan fingerprint density at radius 2 is 1.83 bits per heavy atom. The zero-order valence-corrected chi connectivity index (χ0v) is 23.5. The number of imidazole rings is 1. The van der Waals surface area contributed by atoms with Crippen molar-refractivity contribution in [2.45, 2.75) is 26.6 Å². The topological polar surface area (TPSA) is 87.9 Å². The standard InChI is InChI=1S/C30H30F3N7O2/c1-4-42-28-10-9-27-35-18-25(40(27)37-28)8-6-21-15-23(17-34-20(21)2)29(41)36-24-7-5-22(26(16-24)30(31,32)33)19-39-13-11-38(3)12-14-39/h5,7,9-10,15-18H,4,11-14,19H2,1-3H3,(H,36,41). The Morgan fingerprint density at radius 3 is 2.57 bits per heavy atom. The highest BCUT2D eigenvalue weighted by Gasteiger charge is 2.34. The molecule has 1 aliphatic heterocycles. The molecule has 1 saturated heterocycles. The summed E-state index contributed by atoms with van der Waals surface area (Å²) >= 11 is 0. The number of fused-ring (bicyclic) bond motifs is 1. The van der Waals surface area contributed by atoms with Gasteiger partial charge in [0.05, 0.1) is 29.6 Å². The highest BCUT2D eigenvalue weighted by Crippen LogP contribution is 2.34. The lowest BCUT2D eigenvalue weighted by atomic mass is 10.0. The van der Waals surface area contributed by atoms with Crippen molar-refractivity contribution in [1.29, 1.82) is 0 Å². The lowest BCUT2D eigenvalue weighted by Gasteiger charge is -2.33. The quantitative estimate of drug-likeness (QED) is 0.343. The second kappa shape index (κ2) is 12.2. The molecule has 1 fully saturated rings. The number of rotatable bonds is 6. The minimum Gasteiger partial charge on any atom is -0.477 e. The minimum absolute atomic E-state index is 0.0459. The van der Waals surface area contributed by atoms with Crippen molar-refractivity contribution in [2.24, 2.45) is 0 Å². The Bertz CT molecular complexity index is 1670. The lowest BCUT2D eigenvalue weighted by Crippen LogP contribution is -2.44. The number of alkyl halides is 3. The summed E-state index contributed by atoms with van der Waals surface area (Å²) in [6.07, 6.45) is -1.62. The molecule has 218 valence electrons. The summed E-state index contributed by atoms with van der Waals surface area (Å²) in [5.74, 6) is 5.85. The molecule has 5 rings (SSSR count). The second-order valence-corrected chi connectivity index (χ2v) is 10.0. The van der Waals surface area contributed by atoms with Crippen LogP contribution in [0.4, 0.5) is 18.9 Å². The molecule has 0 unspecified atom stereocenters. The molecule has 1 aliphatic rings. The maximum atomic E-state index is 14.0. The fraction of sp³-hybridized carbons (Fsp3) is 0.333. The van der Waals surface area contributed by atoms with Crippen molar-refractivity contribution >= 4 is 17.2 Å². The SMILES string of the molecule is CCOc1ccc2ncc(C#Cc3cc(C(=O)Nc4ccc(CN5CCN(C)CC5)c(C(F)(F)F)c4)cnc3C)n2n1. The van der Waals surface area contributed by atoms with Gasteiger partial charge in [0.2, 0.25) is 5.88 Å². The predicted molar refractivity (Wildman–Crippen MR) is 151 cm³/mol. The molecule has 42 heavy (non-hydrogen) atoms. The molecule has 1 amide bonds. The van der Waals surface area contributed by atoms with Crippen molar-refractivity contribution in [3.05, 3.63) is 82.4 Å². The number of halogens is 3. The van der Waals surface area contributed by atoms with Gasteiger partial charge in [-0.05, 0) is 56.6 Å². The number of ether oxygens (including phenoxy) is 1. The van der Waals surface area contributed by atoms with Crippen molar-refractivity contribution in [2.75, 3.05) is 45.2 Å². The number of aryl methyl sites for hydroxylation is 1. The van der Waals surface area contributed by atoms with E-state index >= 15 is 0 Å². The number of aromatic nitrogens is 4. The van der Waals surface area contributed by atoms with Crippen LogP contribution in [0.3, 0.4) is 0 Å². The minimum atomic E-state index is -4.56. The summed E-state index contributed by atoms with van der Waals surface area (Å²) < 4.78 is 48.9. The number of benzene rings is 1. The molecule has 9 nitrogen and oxygen atoms in total. The number of carbonyl (C=O) groups excluding carboxylic acids is 1. The summed E-state index contributed by atoms with van der Waals surface area (Å²) in [5.41, 5.74) is 1.80. The third kappa shape index (κ3) is 6.70. The largest absolute Gasteiger partial charge is 0.477 e. The molecule has 12 heteroatoms. The molecule has 3 aromatic heterocycles. The van der Waals surface area contributed by atoms with Gasteiger partial charge in [0, 0.05) is 56.2 Å². The van der Waals surface area contributed by atoms with Crippen LogP contribution in [0.25, 0.3) is 5.65 Å². The average Bonchev–Trinajstić information content (AvgIpc) is 3.36. The van der Waals surface area contributed by atoms with E-state index in [4.69, 9.17) is 4.74 Å². The average molecular weight is 578 g/mol. The molecule has 0 radical (unpaired) electrons. The Morgan fingerprint density at radius 1 is 1.05 bits per heavy atom. The Balaban J connectivity index is 1.35. The fourth-order valence-corrected chi connectivity index (χ4v) is 4.59. The number of pyridine rings is 1. The van der Waals surface area contributed by atoms with Crippen LogP contribution in [0.1, 0.15) is 45.4 Å². The van der Waals surface area contributed by atoms with Crippen LogP contribution >= 0.6 is 0 Å². The van der Waals surface area contributed by atoms with E-state index < -0.39 is 17.6 Å². The van der Waals surface area contributed by atoms with Crippen molar-refractivity contribution in [3.8, 4) is 17.7 Å². The van der Waals surface area contributed by atoms with Crippen molar-refractivity contribution in [3.63, 3.8) is 0 Å². The number of likely N-dealkylation sites (N-methyl/N-ethyl adjacent to an activating group) is 1. The maximum Gasteiger partial charge on any atom is 0.416 e. The molecule has 0 bridgehead atoms. The summed E-state index contributed by atoms with van der Waals surface area (Å²) in [4.78, 5) is 25.8. The number of nitrogens with zero attached hydrogens (tertiary/aromatic N) is 6. The van der Waals surface area contributed by atoms with Gasteiger partial charge in [0.15, 0.2) is 5.65 Å². The van der Waals surface area contributed by atoms with E-state index in [1.54, 1.807) is 35.8 Å². The number of amides is 1. The molecule has 0 atom stereocenters. The highest BCUT2D eigenvalue weighted by atomic mass is 19.4. The zero-order chi connectivity index (χ0) is 29.9. The van der Waals surface area contributed by atoms with Gasteiger partial charge in [-0.25, -0.2) is 9.50 Å². The normalized spacial score (nSPS) is 14.4. The van der Waals surface area contributed by atoms with Crippen LogP contribution in [0, 0.1) is 18.8 Å². The van der Waals surface area contributed by atoms with Gasteiger partial charge in [-0.1, -0.05) is 12.0 Å². The van der Waals surface area contributed by atoms with Gasteiger partial charge in [0.25, 0.3) is 5.91 Å². The van der Waals surface area contributed by atoms with E-state index in [1.807, 2.05) is 18.9 Å². The van der Waals surface area contributed by atoms with E-state index in [1.165, 1.54) is 18.3 Å². The number of carbonyl (C=O) groups is 1. The van der Waals surface area contributed by atoms with Gasteiger partial charge in [-0.2, -0.15) is 13.2 Å². The molecule has 4 heterocycles. The van der Waals surface area contributed by atoms with Crippen molar-refractivity contribution < 1.29 is 22.7 Å². The third-order valence-electron chi connectivity index (χ3n) is 6.97. The van der Waals surface area contributed by atoms with E-state index in [0.717, 1.165) is 19.2 Å². The van der Waals surface area contributed by atoms with Crippen LogP contribution in [0.2, 0.25) is 0 Å². The van der Waals surface area contributed by atoms with Crippen LogP contribution in [0.15, 0.2) is 48.8 Å². The zero-order valence-electron chi connectivity index (χ0n) is 23.5. The van der Waals surface area contributed by atoms with Crippen LogP contribution in [-0.2, 0) is 12.7 Å². The van der Waals surface area contributed by atoms with E-state index in [-0.39, 0.29) is 23.4 Å². The lowest BCUT2D eigenvalue weighted by molar-refractivity contribution is -0.138. The Kier molecular flexibility index (Phi) is 8.42. The molecular formula is C30H30F3N7O2. The summed E-state index contributed by atoms with van der Waals surface area (Å²) in [6, 6.07) is 8.96. The molecule has 4 aromatic rings. The van der Waals surface area contributed by atoms with Crippen LogP contribution in [0.5, 0.6) is 5.88 Å². The number of nitrogens with one attached hydrogen (secondary N) is 1. The molecule has 0 spiro atoms. The number of anilines is 1. The van der Waals surface area contributed by atoms with Gasteiger partial charge < -0.3 is 15.0 Å². The van der Waals surface area contributed by atoms with E-state index in [2.05, 4.69) is 37.1 Å². The van der Waals surface area contributed by atoms with Crippen LogP contribution < -0.4 is 10.1 Å².